The fourth-order valence-electron chi connectivity index (χ4n) is 1.22. The molecular weight excluding hydrogens is 265 g/mol. The van der Waals surface area contributed by atoms with Crippen molar-refractivity contribution in [3.8, 4) is 0 Å². The molecule has 16 heavy (non-hydrogen) atoms. The van der Waals surface area contributed by atoms with Gasteiger partial charge in [0.05, 0.1) is 6.20 Å². The van der Waals surface area contributed by atoms with Gasteiger partial charge in [0.15, 0.2) is 0 Å². The summed E-state index contributed by atoms with van der Waals surface area (Å²) in [5.74, 6) is 0.562. The third-order valence-electron chi connectivity index (χ3n) is 2.12. The molecule has 1 N–H and O–H groups in total. The van der Waals surface area contributed by atoms with Crippen LogP contribution >= 0.6 is 34.5 Å². The number of hydrogen-bond acceptors (Lipinski definition) is 4. The van der Waals surface area contributed by atoms with Crippen molar-refractivity contribution < 1.29 is 0 Å². The second-order valence-corrected chi connectivity index (χ2v) is 4.76. The second kappa shape index (κ2) is 4.99. The Morgan fingerprint density at radius 2 is 2.19 bits per heavy atom. The minimum absolute atomic E-state index is 0.189. The van der Waals surface area contributed by atoms with E-state index in [1.807, 2.05) is 0 Å². The number of halogens is 2. The zero-order valence-electron chi connectivity index (χ0n) is 8.50. The number of thiophene rings is 1. The van der Waals surface area contributed by atoms with Crippen LogP contribution in [0.25, 0.3) is 0 Å². The van der Waals surface area contributed by atoms with Gasteiger partial charge in [-0.2, -0.15) is 16.3 Å². The van der Waals surface area contributed by atoms with E-state index in [2.05, 4.69) is 33.0 Å². The minimum atomic E-state index is 0.189. The summed E-state index contributed by atoms with van der Waals surface area (Å²) in [5.41, 5.74) is 2.49. The Morgan fingerprint density at radius 1 is 1.38 bits per heavy atom. The van der Waals surface area contributed by atoms with Crippen LogP contribution in [0, 0.1) is 6.92 Å². The van der Waals surface area contributed by atoms with Crippen LogP contribution in [-0.4, -0.2) is 9.97 Å². The first-order chi connectivity index (χ1) is 7.66. The molecule has 6 heteroatoms. The normalized spacial score (nSPS) is 10.4. The Labute approximate surface area is 107 Å². The van der Waals surface area contributed by atoms with E-state index in [0.717, 1.165) is 0 Å². The number of rotatable bonds is 3. The summed E-state index contributed by atoms with van der Waals surface area (Å²) in [4.78, 5) is 7.80. The molecule has 0 radical (unpaired) electrons. The van der Waals surface area contributed by atoms with E-state index in [1.54, 1.807) is 11.3 Å². The molecule has 0 aliphatic carbocycles. The lowest BCUT2D eigenvalue weighted by Gasteiger charge is -2.06. The molecule has 0 unspecified atom stereocenters. The summed E-state index contributed by atoms with van der Waals surface area (Å²) >= 11 is 13.3. The first kappa shape index (κ1) is 11.6. The molecule has 2 heterocycles. The fraction of sp³-hybridized carbons (Fsp3) is 0.200. The summed E-state index contributed by atoms with van der Waals surface area (Å²) in [6.07, 6.45) is 1.49. The predicted octanol–water partition coefficient (Wildman–Crippen LogP) is 3.77. The van der Waals surface area contributed by atoms with Gasteiger partial charge in [0, 0.05) is 6.54 Å². The summed E-state index contributed by atoms with van der Waals surface area (Å²) in [5, 5.41) is 7.99. The Balaban J connectivity index is 2.10. The maximum absolute atomic E-state index is 5.93. The molecule has 0 saturated heterocycles. The maximum atomic E-state index is 5.93. The number of nitrogens with zero attached hydrogens (tertiary/aromatic N) is 2. The zero-order valence-corrected chi connectivity index (χ0v) is 10.8. The van der Waals surface area contributed by atoms with Crippen molar-refractivity contribution in [3.63, 3.8) is 0 Å². The average Bonchev–Trinajstić information content (AvgIpc) is 2.66. The van der Waals surface area contributed by atoms with Crippen LogP contribution in [-0.2, 0) is 6.54 Å². The van der Waals surface area contributed by atoms with E-state index >= 15 is 0 Å². The Bertz CT molecular complexity index is 499. The van der Waals surface area contributed by atoms with E-state index in [0.29, 0.717) is 17.4 Å². The van der Waals surface area contributed by atoms with Crippen LogP contribution in [0.5, 0.6) is 0 Å². The first-order valence-corrected chi connectivity index (χ1v) is 6.30. The Morgan fingerprint density at radius 3 is 2.88 bits per heavy atom. The van der Waals surface area contributed by atoms with Gasteiger partial charge in [0.1, 0.15) is 10.8 Å². The van der Waals surface area contributed by atoms with Crippen LogP contribution in [0.2, 0.25) is 10.3 Å². The number of nitrogens with one attached hydrogen (secondary N) is 1. The van der Waals surface area contributed by atoms with Gasteiger partial charge in [-0.3, -0.25) is 0 Å². The summed E-state index contributed by atoms with van der Waals surface area (Å²) < 4.78 is 0. The van der Waals surface area contributed by atoms with Crippen molar-refractivity contribution >= 4 is 40.4 Å². The number of hydrogen-bond donors (Lipinski definition) is 1. The number of aromatic nitrogens is 2. The smallest absolute Gasteiger partial charge is 0.224 e. The quantitative estimate of drug-likeness (QED) is 0.866. The van der Waals surface area contributed by atoms with E-state index < -0.39 is 0 Å². The molecule has 0 aliphatic heterocycles. The lowest BCUT2D eigenvalue weighted by atomic mass is 10.2. The fourth-order valence-corrected chi connectivity index (χ4v) is 2.36. The molecule has 2 aromatic rings. The highest BCUT2D eigenvalue weighted by molar-refractivity contribution is 7.08. The highest BCUT2D eigenvalue weighted by Gasteiger charge is 2.05. The molecular formula is C10H9Cl2N3S. The van der Waals surface area contributed by atoms with Gasteiger partial charge < -0.3 is 5.32 Å². The van der Waals surface area contributed by atoms with Gasteiger partial charge in [-0.1, -0.05) is 11.6 Å². The molecule has 2 aromatic heterocycles. The van der Waals surface area contributed by atoms with Crippen molar-refractivity contribution in [2.75, 3.05) is 5.32 Å². The zero-order chi connectivity index (χ0) is 11.5. The molecule has 0 bridgehead atoms. The van der Waals surface area contributed by atoms with Crippen molar-refractivity contribution in [2.24, 2.45) is 0 Å². The molecule has 0 fully saturated rings. The minimum Gasteiger partial charge on any atom is -0.365 e. The van der Waals surface area contributed by atoms with Gasteiger partial charge in [-0.15, -0.1) is 0 Å². The molecule has 2 rings (SSSR count). The standard InChI is InChI=1S/C10H9Cl2N3S/c1-6-4-16-5-7(6)2-13-9-8(11)3-14-10(12)15-9/h3-5H,2H2,1H3,(H,13,14,15). The lowest BCUT2D eigenvalue weighted by Crippen LogP contribution is -2.02. The van der Waals surface area contributed by atoms with Crippen molar-refractivity contribution in [3.05, 3.63) is 38.4 Å². The monoisotopic (exact) mass is 273 g/mol. The van der Waals surface area contributed by atoms with E-state index in [9.17, 15) is 0 Å². The van der Waals surface area contributed by atoms with Gasteiger partial charge in [-0.05, 0) is 40.4 Å². The molecule has 0 aliphatic rings. The maximum Gasteiger partial charge on any atom is 0.224 e. The van der Waals surface area contributed by atoms with Gasteiger partial charge in [0.2, 0.25) is 5.28 Å². The molecule has 0 atom stereocenters. The Hall–Kier alpha value is -0.840. The summed E-state index contributed by atoms with van der Waals surface area (Å²) in [6.45, 7) is 2.75. The highest BCUT2D eigenvalue weighted by Crippen LogP contribution is 2.21. The molecule has 84 valence electrons. The molecule has 0 aromatic carbocycles. The van der Waals surface area contributed by atoms with Crippen molar-refractivity contribution in [1.82, 2.24) is 9.97 Å². The number of anilines is 1. The van der Waals surface area contributed by atoms with E-state index in [1.165, 1.54) is 17.3 Å². The van der Waals surface area contributed by atoms with Crippen LogP contribution in [0.4, 0.5) is 5.82 Å². The van der Waals surface area contributed by atoms with Crippen LogP contribution < -0.4 is 5.32 Å². The van der Waals surface area contributed by atoms with Crippen LogP contribution in [0.15, 0.2) is 17.0 Å². The van der Waals surface area contributed by atoms with Gasteiger partial charge in [-0.25, -0.2) is 4.98 Å². The lowest BCUT2D eigenvalue weighted by molar-refractivity contribution is 1.08. The Kier molecular flexibility index (Phi) is 3.63. The highest BCUT2D eigenvalue weighted by atomic mass is 35.5. The summed E-state index contributed by atoms with van der Waals surface area (Å²) in [7, 11) is 0. The van der Waals surface area contributed by atoms with Crippen molar-refractivity contribution in [2.45, 2.75) is 13.5 Å². The molecule has 0 saturated carbocycles. The number of aryl methyl sites for hydroxylation is 1. The SMILES string of the molecule is Cc1cscc1CNc1nc(Cl)ncc1Cl. The third kappa shape index (κ3) is 2.64. The molecule has 0 amide bonds. The van der Waals surface area contributed by atoms with Gasteiger partial charge >= 0.3 is 0 Å². The second-order valence-electron chi connectivity index (χ2n) is 3.27. The van der Waals surface area contributed by atoms with Crippen LogP contribution in [0.3, 0.4) is 0 Å². The first-order valence-electron chi connectivity index (χ1n) is 4.60. The van der Waals surface area contributed by atoms with Crippen molar-refractivity contribution in [1.29, 1.82) is 0 Å². The average molecular weight is 274 g/mol. The largest absolute Gasteiger partial charge is 0.365 e. The summed E-state index contributed by atoms with van der Waals surface area (Å²) in [6, 6.07) is 0. The topological polar surface area (TPSA) is 37.8 Å². The van der Waals surface area contributed by atoms with Crippen LogP contribution in [0.1, 0.15) is 11.1 Å². The van der Waals surface area contributed by atoms with Gasteiger partial charge in [0.25, 0.3) is 0 Å². The predicted molar refractivity (Wildman–Crippen MR) is 68.4 cm³/mol. The molecule has 0 spiro atoms. The van der Waals surface area contributed by atoms with E-state index in [4.69, 9.17) is 23.2 Å². The van der Waals surface area contributed by atoms with E-state index in [-0.39, 0.29) is 5.28 Å². The third-order valence-corrected chi connectivity index (χ3v) is 3.49. The molecule has 3 nitrogen and oxygen atoms in total.